The van der Waals surface area contributed by atoms with Crippen LogP contribution in [-0.4, -0.2) is 46.5 Å². The smallest absolute Gasteiger partial charge is 0.272 e. The van der Waals surface area contributed by atoms with Crippen LogP contribution in [0.15, 0.2) is 64.9 Å². The van der Waals surface area contributed by atoms with Crippen LogP contribution in [0.3, 0.4) is 0 Å². The molecule has 4 aromatic rings. The van der Waals surface area contributed by atoms with Gasteiger partial charge >= 0.3 is 0 Å². The molecule has 34 heavy (non-hydrogen) atoms. The SMILES string of the molecule is N#Cc1c(N2CCN(C(=O)c3cccs3)CC2)c2cccnc2n(Cc2ccccc2F)c1=O. The van der Waals surface area contributed by atoms with E-state index in [4.69, 9.17) is 0 Å². The first-order chi connectivity index (χ1) is 16.6. The summed E-state index contributed by atoms with van der Waals surface area (Å²) in [5, 5.41) is 12.5. The molecular formula is C25H20FN5O2S. The third-order valence-electron chi connectivity index (χ3n) is 6.01. The number of hydrogen-bond acceptors (Lipinski definition) is 6. The lowest BCUT2D eigenvalue weighted by Gasteiger charge is -2.36. The molecule has 3 aromatic heterocycles. The number of anilines is 1. The molecule has 0 atom stereocenters. The lowest BCUT2D eigenvalue weighted by molar-refractivity contribution is 0.0751. The zero-order valence-corrected chi connectivity index (χ0v) is 19.0. The van der Waals surface area contributed by atoms with Crippen LogP contribution < -0.4 is 10.5 Å². The number of amides is 1. The van der Waals surface area contributed by atoms with E-state index in [1.807, 2.05) is 28.5 Å². The van der Waals surface area contributed by atoms with Crippen LogP contribution in [0.1, 0.15) is 20.8 Å². The lowest BCUT2D eigenvalue weighted by atomic mass is 10.1. The van der Waals surface area contributed by atoms with E-state index in [0.717, 1.165) is 0 Å². The van der Waals surface area contributed by atoms with Gasteiger partial charge in [0.25, 0.3) is 11.5 Å². The van der Waals surface area contributed by atoms with Crippen LogP contribution in [0, 0.1) is 17.1 Å². The lowest BCUT2D eigenvalue weighted by Crippen LogP contribution is -2.49. The Bertz CT molecular complexity index is 1470. The van der Waals surface area contributed by atoms with Crippen molar-refractivity contribution in [1.82, 2.24) is 14.5 Å². The number of rotatable bonds is 4. The molecule has 7 nitrogen and oxygen atoms in total. The zero-order chi connectivity index (χ0) is 23.7. The molecule has 5 rings (SSSR count). The van der Waals surface area contributed by atoms with Gasteiger partial charge in [0.05, 0.1) is 17.1 Å². The molecule has 1 aliphatic heterocycles. The Morgan fingerprint density at radius 3 is 2.59 bits per heavy atom. The summed E-state index contributed by atoms with van der Waals surface area (Å²) in [5.74, 6) is -0.436. The van der Waals surface area contributed by atoms with Crippen molar-refractivity contribution in [2.45, 2.75) is 6.54 Å². The average Bonchev–Trinajstić information content (AvgIpc) is 3.41. The van der Waals surface area contributed by atoms with Crippen LogP contribution in [-0.2, 0) is 6.54 Å². The maximum absolute atomic E-state index is 14.3. The Labute approximate surface area is 198 Å². The first-order valence-corrected chi connectivity index (χ1v) is 11.7. The minimum absolute atomic E-state index is 0.00475. The summed E-state index contributed by atoms with van der Waals surface area (Å²) in [7, 11) is 0. The number of carbonyl (C=O) groups excluding carboxylic acids is 1. The van der Waals surface area contributed by atoms with E-state index >= 15 is 0 Å². The van der Waals surface area contributed by atoms with Crippen molar-refractivity contribution in [2.24, 2.45) is 0 Å². The molecule has 9 heteroatoms. The molecule has 1 amide bonds. The largest absolute Gasteiger partial charge is 0.366 e. The Hall–Kier alpha value is -4.03. The fraction of sp³-hybridized carbons (Fsp3) is 0.200. The second-order valence-electron chi connectivity index (χ2n) is 7.95. The maximum Gasteiger partial charge on any atom is 0.272 e. The molecule has 1 aromatic carbocycles. The Morgan fingerprint density at radius 2 is 1.88 bits per heavy atom. The van der Waals surface area contributed by atoms with E-state index in [1.54, 1.807) is 35.4 Å². The van der Waals surface area contributed by atoms with Gasteiger partial charge in [-0.15, -0.1) is 11.3 Å². The Kier molecular flexibility index (Phi) is 5.82. The van der Waals surface area contributed by atoms with Crippen LogP contribution in [0.2, 0.25) is 0 Å². The number of carbonyl (C=O) groups is 1. The minimum atomic E-state index is -0.510. The van der Waals surface area contributed by atoms with Crippen LogP contribution in [0.5, 0.6) is 0 Å². The van der Waals surface area contributed by atoms with E-state index in [2.05, 4.69) is 11.1 Å². The topological polar surface area (TPSA) is 82.2 Å². The molecule has 0 unspecified atom stereocenters. The number of piperazine rings is 1. The van der Waals surface area contributed by atoms with Gasteiger partial charge < -0.3 is 9.80 Å². The third kappa shape index (κ3) is 3.82. The summed E-state index contributed by atoms with van der Waals surface area (Å²) < 4.78 is 15.7. The van der Waals surface area contributed by atoms with Crippen molar-refractivity contribution in [3.8, 4) is 6.07 Å². The Morgan fingerprint density at radius 1 is 1.09 bits per heavy atom. The molecule has 0 aliphatic carbocycles. The number of halogens is 1. The standard InChI is InChI=1S/C25H20FN5O2S/c26-20-7-2-1-5-17(20)16-31-23-18(6-3-9-28-23)22(19(15-27)24(31)32)29-10-12-30(13-11-29)25(33)21-8-4-14-34-21/h1-9,14H,10-13,16H2. The first kappa shape index (κ1) is 21.8. The van der Waals surface area contributed by atoms with Crippen molar-refractivity contribution >= 4 is 34.0 Å². The van der Waals surface area contributed by atoms with Gasteiger partial charge in [-0.1, -0.05) is 24.3 Å². The fourth-order valence-electron chi connectivity index (χ4n) is 4.33. The summed E-state index contributed by atoms with van der Waals surface area (Å²) in [6, 6.07) is 15.5. The predicted octanol–water partition coefficient (Wildman–Crippen LogP) is 3.48. The highest BCUT2D eigenvalue weighted by Gasteiger charge is 2.27. The molecule has 0 bridgehead atoms. The van der Waals surface area contributed by atoms with Crippen molar-refractivity contribution in [3.05, 3.63) is 92.3 Å². The monoisotopic (exact) mass is 473 g/mol. The summed E-state index contributed by atoms with van der Waals surface area (Å²) in [6.07, 6.45) is 1.58. The average molecular weight is 474 g/mol. The first-order valence-electron chi connectivity index (χ1n) is 10.8. The summed E-state index contributed by atoms with van der Waals surface area (Å²) in [4.78, 5) is 35.0. The van der Waals surface area contributed by atoms with E-state index in [0.29, 0.717) is 53.3 Å². The van der Waals surface area contributed by atoms with Crippen molar-refractivity contribution in [2.75, 3.05) is 31.1 Å². The molecule has 1 fully saturated rings. The quantitative estimate of drug-likeness (QED) is 0.453. The number of nitrogens with zero attached hydrogens (tertiary/aromatic N) is 5. The van der Waals surface area contributed by atoms with E-state index < -0.39 is 11.4 Å². The molecule has 4 heterocycles. The predicted molar refractivity (Wildman–Crippen MR) is 129 cm³/mol. The highest BCUT2D eigenvalue weighted by atomic mass is 32.1. The molecule has 0 saturated carbocycles. The number of fused-ring (bicyclic) bond motifs is 1. The number of thiophene rings is 1. The number of nitriles is 1. The molecule has 170 valence electrons. The van der Waals surface area contributed by atoms with Crippen molar-refractivity contribution in [3.63, 3.8) is 0 Å². The molecule has 1 aliphatic rings. The van der Waals surface area contributed by atoms with E-state index in [1.165, 1.54) is 22.0 Å². The molecular weight excluding hydrogens is 453 g/mol. The third-order valence-corrected chi connectivity index (χ3v) is 6.86. The number of benzene rings is 1. The zero-order valence-electron chi connectivity index (χ0n) is 18.1. The maximum atomic E-state index is 14.3. The molecule has 0 radical (unpaired) electrons. The van der Waals surface area contributed by atoms with Gasteiger partial charge in [0, 0.05) is 43.3 Å². The fourth-order valence-corrected chi connectivity index (χ4v) is 5.02. The molecule has 1 saturated heterocycles. The van der Waals surface area contributed by atoms with E-state index in [-0.39, 0.29) is 18.0 Å². The van der Waals surface area contributed by atoms with Gasteiger partial charge in [0.1, 0.15) is 23.1 Å². The normalized spacial score (nSPS) is 13.8. The van der Waals surface area contributed by atoms with Gasteiger partial charge in [-0.2, -0.15) is 5.26 Å². The highest BCUT2D eigenvalue weighted by Crippen LogP contribution is 2.29. The summed E-state index contributed by atoms with van der Waals surface area (Å²) in [5.41, 5.74) is 0.735. The minimum Gasteiger partial charge on any atom is -0.366 e. The van der Waals surface area contributed by atoms with Crippen molar-refractivity contribution in [1.29, 1.82) is 5.26 Å². The molecule has 0 spiro atoms. The van der Waals surface area contributed by atoms with Gasteiger partial charge in [-0.05, 0) is 29.6 Å². The second-order valence-corrected chi connectivity index (χ2v) is 8.90. The second kappa shape index (κ2) is 9.08. The van der Waals surface area contributed by atoms with Gasteiger partial charge in [0.15, 0.2) is 0 Å². The van der Waals surface area contributed by atoms with Crippen LogP contribution in [0.25, 0.3) is 11.0 Å². The number of hydrogen-bond donors (Lipinski definition) is 0. The summed E-state index contributed by atoms with van der Waals surface area (Å²) in [6.45, 7) is 1.87. The van der Waals surface area contributed by atoms with Gasteiger partial charge in [-0.25, -0.2) is 9.37 Å². The Balaban J connectivity index is 1.53. The van der Waals surface area contributed by atoms with Gasteiger partial charge in [-0.3, -0.25) is 14.2 Å². The number of aromatic nitrogens is 2. The summed E-state index contributed by atoms with van der Waals surface area (Å²) >= 11 is 1.41. The van der Waals surface area contributed by atoms with Crippen LogP contribution in [0.4, 0.5) is 10.1 Å². The highest BCUT2D eigenvalue weighted by molar-refractivity contribution is 7.12. The van der Waals surface area contributed by atoms with E-state index in [9.17, 15) is 19.2 Å². The van der Waals surface area contributed by atoms with Crippen molar-refractivity contribution < 1.29 is 9.18 Å². The van der Waals surface area contributed by atoms with Gasteiger partial charge in [0.2, 0.25) is 0 Å². The number of pyridine rings is 2. The van der Waals surface area contributed by atoms with Crippen LogP contribution >= 0.6 is 11.3 Å². The molecule has 0 N–H and O–H groups in total.